The molecule has 198 valence electrons. The number of halogens is 1. The number of benzene rings is 3. The lowest BCUT2D eigenvalue weighted by molar-refractivity contribution is 0.0992. The van der Waals surface area contributed by atoms with Gasteiger partial charge >= 0.3 is 0 Å². The lowest BCUT2D eigenvalue weighted by Gasteiger charge is -2.20. The van der Waals surface area contributed by atoms with Crippen LogP contribution in [-0.4, -0.2) is 26.6 Å². The summed E-state index contributed by atoms with van der Waals surface area (Å²) in [6.07, 6.45) is 2.86. The summed E-state index contributed by atoms with van der Waals surface area (Å²) in [5.74, 6) is -0.244. The topological polar surface area (TPSA) is 112 Å². The average Bonchev–Trinajstić information content (AvgIpc) is 3.38. The second-order valence-corrected chi connectivity index (χ2v) is 9.75. The Labute approximate surface area is 235 Å². The van der Waals surface area contributed by atoms with Crippen molar-refractivity contribution in [2.75, 3.05) is 5.32 Å². The number of nitrogens with two attached hydrogens (primary N) is 1. The summed E-state index contributed by atoms with van der Waals surface area (Å²) in [4.78, 5) is 29.2. The Kier molecular flexibility index (Phi) is 6.76. The third-order valence-electron chi connectivity index (χ3n) is 6.82. The van der Waals surface area contributed by atoms with Crippen molar-refractivity contribution in [3.8, 4) is 22.7 Å². The molecule has 0 saturated carbocycles. The van der Waals surface area contributed by atoms with Crippen LogP contribution in [0.25, 0.3) is 16.9 Å². The highest BCUT2D eigenvalue weighted by atomic mass is 35.5. The smallest absolute Gasteiger partial charge is 0.269 e. The minimum absolute atomic E-state index is 0.126. The molecule has 0 unspecified atom stereocenters. The van der Waals surface area contributed by atoms with Gasteiger partial charge in [-0.1, -0.05) is 48.0 Å². The van der Waals surface area contributed by atoms with Crippen LogP contribution in [0.15, 0.2) is 91.1 Å². The highest BCUT2D eigenvalue weighted by Gasteiger charge is 2.28. The van der Waals surface area contributed by atoms with E-state index in [0.29, 0.717) is 30.9 Å². The van der Waals surface area contributed by atoms with Gasteiger partial charge in [-0.05, 0) is 72.5 Å². The number of rotatable bonds is 7. The van der Waals surface area contributed by atoms with E-state index >= 15 is 0 Å². The maximum atomic E-state index is 12.9. The van der Waals surface area contributed by atoms with Crippen molar-refractivity contribution in [3.05, 3.63) is 124 Å². The third kappa shape index (κ3) is 4.92. The lowest BCUT2D eigenvalue weighted by atomic mass is 9.88. The molecule has 3 N–H and O–H groups in total. The lowest BCUT2D eigenvalue weighted by Crippen LogP contribution is -2.16. The molecule has 2 amide bonds. The van der Waals surface area contributed by atoms with Gasteiger partial charge in [0.25, 0.3) is 11.8 Å². The molecule has 6 rings (SSSR count). The Morgan fingerprint density at radius 2 is 1.77 bits per heavy atom. The number of aryl methyl sites for hydroxylation is 1. The van der Waals surface area contributed by atoms with Gasteiger partial charge in [0.05, 0.1) is 16.9 Å². The van der Waals surface area contributed by atoms with Crippen LogP contribution in [0.1, 0.15) is 37.5 Å². The number of carbonyl (C=O) groups is 2. The van der Waals surface area contributed by atoms with Crippen LogP contribution in [0.3, 0.4) is 0 Å². The molecule has 1 aliphatic rings. The molecule has 2 aromatic heterocycles. The molecule has 0 aliphatic heterocycles. The number of fused-ring (bicyclic) bond motifs is 3. The Morgan fingerprint density at radius 1 is 0.975 bits per heavy atom. The number of primary amides is 1. The van der Waals surface area contributed by atoms with E-state index in [9.17, 15) is 9.59 Å². The predicted octanol–water partition coefficient (Wildman–Crippen LogP) is 5.62. The molecule has 0 bridgehead atoms. The molecule has 0 saturated heterocycles. The first-order valence-electron chi connectivity index (χ1n) is 12.7. The Hall–Kier alpha value is -4.95. The van der Waals surface area contributed by atoms with Gasteiger partial charge in [-0.2, -0.15) is 5.10 Å². The van der Waals surface area contributed by atoms with Crippen molar-refractivity contribution in [2.45, 2.75) is 19.4 Å². The first-order chi connectivity index (χ1) is 19.5. The van der Waals surface area contributed by atoms with Crippen molar-refractivity contribution in [2.24, 2.45) is 5.73 Å². The summed E-state index contributed by atoms with van der Waals surface area (Å²) in [5.41, 5.74) is 12.1. The molecule has 5 aromatic rings. The number of hydrogen-bond donors (Lipinski definition) is 2. The zero-order valence-corrected chi connectivity index (χ0v) is 22.1. The number of ether oxygens (including phenoxy) is 1. The van der Waals surface area contributed by atoms with Gasteiger partial charge in [0.15, 0.2) is 5.69 Å². The normalized spacial score (nSPS) is 11.8. The number of hydrogen-bond acceptors (Lipinski definition) is 5. The molecular formula is C31H24ClN5O3. The van der Waals surface area contributed by atoms with Gasteiger partial charge in [-0.3, -0.25) is 9.59 Å². The van der Waals surface area contributed by atoms with Gasteiger partial charge in [-0.15, -0.1) is 0 Å². The zero-order chi connectivity index (χ0) is 27.6. The predicted molar refractivity (Wildman–Crippen MR) is 153 cm³/mol. The summed E-state index contributed by atoms with van der Waals surface area (Å²) < 4.78 is 7.67. The molecule has 0 fully saturated rings. The molecule has 0 spiro atoms. The van der Waals surface area contributed by atoms with Crippen molar-refractivity contribution in [3.63, 3.8) is 0 Å². The molecular weight excluding hydrogens is 526 g/mol. The SMILES string of the molecule is NC(=O)c1nn(-c2ccc(OCc3ccccc3)cc2)c2c1CCc1ccc(NC(=O)c3cccnc3Cl)cc1-2. The van der Waals surface area contributed by atoms with E-state index < -0.39 is 5.91 Å². The van der Waals surface area contributed by atoms with E-state index in [2.05, 4.69) is 15.4 Å². The van der Waals surface area contributed by atoms with E-state index in [1.54, 1.807) is 16.8 Å². The average molecular weight is 550 g/mol. The zero-order valence-electron chi connectivity index (χ0n) is 21.3. The molecule has 8 nitrogen and oxygen atoms in total. The van der Waals surface area contributed by atoms with Gasteiger partial charge in [0, 0.05) is 23.0 Å². The standard InChI is InChI=1S/C31H24ClN5O3/c32-29-25(7-4-16-34-29)31(39)35-21-10-8-20-9-15-24-27(30(33)38)36-37(28(24)26(20)17-21)22-11-13-23(14-12-22)40-18-19-5-2-1-3-6-19/h1-8,10-14,16-17H,9,15,18H2,(H2,33,38)(H,35,39). The van der Waals surface area contributed by atoms with Crippen molar-refractivity contribution < 1.29 is 14.3 Å². The van der Waals surface area contributed by atoms with Crippen LogP contribution in [0.5, 0.6) is 5.75 Å². The summed E-state index contributed by atoms with van der Waals surface area (Å²) in [6.45, 7) is 0.454. The summed E-state index contributed by atoms with van der Waals surface area (Å²) in [5, 5.41) is 7.65. The second kappa shape index (κ2) is 10.7. The number of nitrogens with zero attached hydrogens (tertiary/aromatic N) is 3. The number of nitrogens with one attached hydrogen (secondary N) is 1. The van der Waals surface area contributed by atoms with Crippen LogP contribution in [0.2, 0.25) is 5.15 Å². The number of carbonyl (C=O) groups excluding carboxylic acids is 2. The third-order valence-corrected chi connectivity index (χ3v) is 7.12. The van der Waals surface area contributed by atoms with Crippen LogP contribution in [0, 0.1) is 0 Å². The van der Waals surface area contributed by atoms with Crippen molar-refractivity contribution in [1.82, 2.24) is 14.8 Å². The first-order valence-corrected chi connectivity index (χ1v) is 13.1. The Balaban J connectivity index is 1.34. The van der Waals surface area contributed by atoms with Crippen LogP contribution in [0.4, 0.5) is 5.69 Å². The number of amides is 2. The van der Waals surface area contributed by atoms with E-state index in [4.69, 9.17) is 22.1 Å². The largest absolute Gasteiger partial charge is 0.489 e. The summed E-state index contributed by atoms with van der Waals surface area (Å²) in [7, 11) is 0. The van der Waals surface area contributed by atoms with E-state index in [-0.39, 0.29) is 22.3 Å². The number of anilines is 1. The number of pyridine rings is 1. The Morgan fingerprint density at radius 3 is 2.52 bits per heavy atom. The molecule has 3 aromatic carbocycles. The fraction of sp³-hybridized carbons (Fsp3) is 0.0968. The Bertz CT molecular complexity index is 1730. The van der Waals surface area contributed by atoms with Gasteiger partial charge in [0.1, 0.15) is 17.5 Å². The van der Waals surface area contributed by atoms with Crippen LogP contribution >= 0.6 is 11.6 Å². The van der Waals surface area contributed by atoms with Crippen LogP contribution < -0.4 is 15.8 Å². The van der Waals surface area contributed by atoms with Crippen LogP contribution in [-0.2, 0) is 19.4 Å². The fourth-order valence-electron chi connectivity index (χ4n) is 4.88. The molecule has 2 heterocycles. The molecule has 0 radical (unpaired) electrons. The van der Waals surface area contributed by atoms with Gasteiger partial charge in [-0.25, -0.2) is 9.67 Å². The minimum Gasteiger partial charge on any atom is -0.489 e. The van der Waals surface area contributed by atoms with E-state index in [1.165, 1.54) is 6.20 Å². The highest BCUT2D eigenvalue weighted by molar-refractivity contribution is 6.33. The fourth-order valence-corrected chi connectivity index (χ4v) is 5.08. The van der Waals surface area contributed by atoms with E-state index in [1.807, 2.05) is 72.8 Å². The van der Waals surface area contributed by atoms with Gasteiger partial charge in [0.2, 0.25) is 0 Å². The second-order valence-electron chi connectivity index (χ2n) is 9.39. The van der Waals surface area contributed by atoms with Crippen molar-refractivity contribution in [1.29, 1.82) is 0 Å². The number of aromatic nitrogens is 3. The monoisotopic (exact) mass is 549 g/mol. The van der Waals surface area contributed by atoms with Gasteiger partial charge < -0.3 is 15.8 Å². The molecule has 9 heteroatoms. The molecule has 0 atom stereocenters. The molecule has 1 aliphatic carbocycles. The van der Waals surface area contributed by atoms with Crippen molar-refractivity contribution >= 4 is 29.1 Å². The first kappa shape index (κ1) is 25.3. The minimum atomic E-state index is -0.586. The summed E-state index contributed by atoms with van der Waals surface area (Å²) in [6, 6.07) is 26.4. The maximum absolute atomic E-state index is 12.9. The maximum Gasteiger partial charge on any atom is 0.269 e. The quantitative estimate of drug-likeness (QED) is 0.256. The summed E-state index contributed by atoms with van der Waals surface area (Å²) >= 11 is 6.11. The highest BCUT2D eigenvalue weighted by Crippen LogP contribution is 2.38. The molecule has 40 heavy (non-hydrogen) atoms. The van der Waals surface area contributed by atoms with E-state index in [0.717, 1.165) is 33.6 Å².